The summed E-state index contributed by atoms with van der Waals surface area (Å²) in [7, 11) is 0. The highest BCUT2D eigenvalue weighted by Crippen LogP contribution is 2.18. The van der Waals surface area contributed by atoms with E-state index in [1.165, 1.54) is 6.42 Å². The van der Waals surface area contributed by atoms with E-state index >= 15 is 0 Å². The maximum absolute atomic E-state index is 6.20. The standard InChI is InChI=1S/C16H19ClN4/c17-15-7-2-1-5-13(15)11-18-14-6-4-10-21(12-14)16-8-3-9-19-20-16/h1-3,5,7-9,14,18H,4,6,10-12H2/t14-/m0/s1. The Balaban J connectivity index is 1.58. The number of aromatic nitrogens is 2. The van der Waals surface area contributed by atoms with Crippen LogP contribution in [0.25, 0.3) is 0 Å². The molecule has 1 aliphatic rings. The lowest BCUT2D eigenvalue weighted by Crippen LogP contribution is -2.45. The van der Waals surface area contributed by atoms with Crippen LogP contribution >= 0.6 is 11.6 Å². The van der Waals surface area contributed by atoms with E-state index in [2.05, 4.69) is 26.5 Å². The topological polar surface area (TPSA) is 41.0 Å². The van der Waals surface area contributed by atoms with Gasteiger partial charge in [0.25, 0.3) is 0 Å². The van der Waals surface area contributed by atoms with Crippen LogP contribution in [0.1, 0.15) is 18.4 Å². The largest absolute Gasteiger partial charge is 0.354 e. The number of nitrogens with zero attached hydrogens (tertiary/aromatic N) is 3. The molecule has 0 bridgehead atoms. The third-order valence-corrected chi connectivity index (χ3v) is 4.21. The quantitative estimate of drug-likeness (QED) is 0.943. The third-order valence-electron chi connectivity index (χ3n) is 3.84. The van der Waals surface area contributed by atoms with E-state index in [1.807, 2.05) is 30.3 Å². The molecule has 1 aromatic heterocycles. The zero-order valence-electron chi connectivity index (χ0n) is 11.9. The normalized spacial score (nSPS) is 18.7. The minimum absolute atomic E-state index is 0.456. The number of anilines is 1. The third kappa shape index (κ3) is 3.71. The van der Waals surface area contributed by atoms with Crippen LogP contribution in [0.5, 0.6) is 0 Å². The van der Waals surface area contributed by atoms with E-state index in [9.17, 15) is 0 Å². The van der Waals surface area contributed by atoms with Crippen LogP contribution in [0.15, 0.2) is 42.6 Å². The second-order valence-corrected chi connectivity index (χ2v) is 5.75. The van der Waals surface area contributed by atoms with Crippen molar-refractivity contribution in [1.82, 2.24) is 15.5 Å². The van der Waals surface area contributed by atoms with Gasteiger partial charge in [0.2, 0.25) is 0 Å². The van der Waals surface area contributed by atoms with Gasteiger partial charge in [-0.3, -0.25) is 0 Å². The Morgan fingerprint density at radius 3 is 2.95 bits per heavy atom. The molecule has 1 aromatic carbocycles. The monoisotopic (exact) mass is 302 g/mol. The van der Waals surface area contributed by atoms with Gasteiger partial charge in [0.15, 0.2) is 5.82 Å². The van der Waals surface area contributed by atoms with Crippen molar-refractivity contribution in [3.8, 4) is 0 Å². The van der Waals surface area contributed by atoms with Crippen LogP contribution in [-0.2, 0) is 6.54 Å². The molecule has 4 nitrogen and oxygen atoms in total. The second kappa shape index (κ2) is 6.87. The van der Waals surface area contributed by atoms with Gasteiger partial charge >= 0.3 is 0 Å². The Morgan fingerprint density at radius 2 is 2.14 bits per heavy atom. The van der Waals surface area contributed by atoms with E-state index in [0.29, 0.717) is 6.04 Å². The zero-order valence-corrected chi connectivity index (χ0v) is 12.6. The van der Waals surface area contributed by atoms with Crippen LogP contribution < -0.4 is 10.2 Å². The fourth-order valence-electron chi connectivity index (χ4n) is 2.71. The average Bonchev–Trinajstić information content (AvgIpc) is 2.55. The molecule has 5 heteroatoms. The molecule has 1 N–H and O–H groups in total. The van der Waals surface area contributed by atoms with Gasteiger partial charge in [0, 0.05) is 36.9 Å². The summed E-state index contributed by atoms with van der Waals surface area (Å²) in [5, 5.41) is 12.6. The Labute approximate surface area is 130 Å². The van der Waals surface area contributed by atoms with Gasteiger partial charge < -0.3 is 10.2 Å². The second-order valence-electron chi connectivity index (χ2n) is 5.34. The molecule has 110 valence electrons. The first-order valence-electron chi connectivity index (χ1n) is 7.32. The molecule has 1 aliphatic heterocycles. The van der Waals surface area contributed by atoms with Crippen molar-refractivity contribution in [2.45, 2.75) is 25.4 Å². The Hall–Kier alpha value is -1.65. The maximum Gasteiger partial charge on any atom is 0.151 e. The molecule has 0 radical (unpaired) electrons. The first kappa shape index (κ1) is 14.3. The highest BCUT2D eigenvalue weighted by Gasteiger charge is 2.20. The predicted octanol–water partition coefficient (Wildman–Crippen LogP) is 2.89. The van der Waals surface area contributed by atoms with Crippen molar-refractivity contribution in [2.75, 3.05) is 18.0 Å². The highest BCUT2D eigenvalue weighted by molar-refractivity contribution is 6.31. The van der Waals surface area contributed by atoms with Gasteiger partial charge in [0.1, 0.15) is 0 Å². The molecule has 0 unspecified atom stereocenters. The first-order chi connectivity index (χ1) is 10.3. The molecule has 3 rings (SSSR count). The van der Waals surface area contributed by atoms with E-state index in [-0.39, 0.29) is 0 Å². The maximum atomic E-state index is 6.20. The zero-order chi connectivity index (χ0) is 14.5. The van der Waals surface area contributed by atoms with Gasteiger partial charge in [-0.1, -0.05) is 29.8 Å². The molecule has 2 heterocycles. The summed E-state index contributed by atoms with van der Waals surface area (Å²) in [6.07, 6.45) is 4.05. The number of hydrogen-bond acceptors (Lipinski definition) is 4. The van der Waals surface area contributed by atoms with Gasteiger partial charge in [0.05, 0.1) is 0 Å². The lowest BCUT2D eigenvalue weighted by molar-refractivity contribution is 0.419. The Bertz CT molecular complexity index is 575. The van der Waals surface area contributed by atoms with Crippen LogP contribution in [-0.4, -0.2) is 29.3 Å². The molecule has 0 saturated carbocycles. The molecule has 21 heavy (non-hydrogen) atoms. The number of hydrogen-bond donors (Lipinski definition) is 1. The predicted molar refractivity (Wildman–Crippen MR) is 85.6 cm³/mol. The summed E-state index contributed by atoms with van der Waals surface area (Å²) in [4.78, 5) is 2.29. The molecule has 1 fully saturated rings. The van der Waals surface area contributed by atoms with Crippen molar-refractivity contribution in [2.24, 2.45) is 0 Å². The molecule has 0 amide bonds. The Morgan fingerprint density at radius 1 is 1.24 bits per heavy atom. The van der Waals surface area contributed by atoms with Crippen molar-refractivity contribution in [3.63, 3.8) is 0 Å². The van der Waals surface area contributed by atoms with E-state index < -0.39 is 0 Å². The van der Waals surface area contributed by atoms with Crippen LogP contribution in [0.3, 0.4) is 0 Å². The fraction of sp³-hybridized carbons (Fsp3) is 0.375. The average molecular weight is 303 g/mol. The smallest absolute Gasteiger partial charge is 0.151 e. The lowest BCUT2D eigenvalue weighted by atomic mass is 10.1. The van der Waals surface area contributed by atoms with Crippen molar-refractivity contribution >= 4 is 17.4 Å². The number of rotatable bonds is 4. The van der Waals surface area contributed by atoms with Crippen LogP contribution in [0.4, 0.5) is 5.82 Å². The van der Waals surface area contributed by atoms with Gasteiger partial charge in [-0.15, -0.1) is 5.10 Å². The SMILES string of the molecule is Clc1ccccc1CN[C@H]1CCCN(c2cccnn2)C1. The van der Waals surface area contributed by atoms with Crippen LogP contribution in [0.2, 0.25) is 5.02 Å². The highest BCUT2D eigenvalue weighted by atomic mass is 35.5. The number of benzene rings is 1. The first-order valence-corrected chi connectivity index (χ1v) is 7.70. The van der Waals surface area contributed by atoms with Crippen molar-refractivity contribution < 1.29 is 0 Å². The summed E-state index contributed by atoms with van der Waals surface area (Å²) < 4.78 is 0. The minimum Gasteiger partial charge on any atom is -0.354 e. The van der Waals surface area contributed by atoms with E-state index in [1.54, 1.807) is 6.20 Å². The molecular formula is C16H19ClN4. The van der Waals surface area contributed by atoms with Gasteiger partial charge in [-0.2, -0.15) is 5.10 Å². The summed E-state index contributed by atoms with van der Waals surface area (Å²) in [6.45, 7) is 2.81. The van der Waals surface area contributed by atoms with Gasteiger partial charge in [-0.25, -0.2) is 0 Å². The van der Waals surface area contributed by atoms with E-state index in [0.717, 1.165) is 42.5 Å². The summed E-state index contributed by atoms with van der Waals surface area (Å²) in [6, 6.07) is 12.4. The molecule has 1 saturated heterocycles. The van der Waals surface area contributed by atoms with Crippen molar-refractivity contribution in [3.05, 3.63) is 53.2 Å². The van der Waals surface area contributed by atoms with Crippen LogP contribution in [0, 0.1) is 0 Å². The molecule has 2 aromatic rings. The van der Waals surface area contributed by atoms with E-state index in [4.69, 9.17) is 11.6 Å². The molecule has 0 spiro atoms. The molecule has 0 aliphatic carbocycles. The van der Waals surface area contributed by atoms with Gasteiger partial charge in [-0.05, 0) is 36.6 Å². The fourth-order valence-corrected chi connectivity index (χ4v) is 2.91. The van der Waals surface area contributed by atoms with Crippen molar-refractivity contribution in [1.29, 1.82) is 0 Å². The summed E-state index contributed by atoms with van der Waals surface area (Å²) in [5.41, 5.74) is 1.15. The number of nitrogens with one attached hydrogen (secondary N) is 1. The number of piperidine rings is 1. The number of halogens is 1. The Kier molecular flexibility index (Phi) is 4.68. The summed E-state index contributed by atoms with van der Waals surface area (Å²) in [5.74, 6) is 0.960. The summed E-state index contributed by atoms with van der Waals surface area (Å²) >= 11 is 6.20. The molecular weight excluding hydrogens is 284 g/mol. The molecule has 1 atom stereocenters. The lowest BCUT2D eigenvalue weighted by Gasteiger charge is -2.33. The minimum atomic E-state index is 0.456.